The fourth-order valence-electron chi connectivity index (χ4n) is 2.12. The van der Waals surface area contributed by atoms with Crippen LogP contribution in [0, 0.1) is 0 Å². The third-order valence-electron chi connectivity index (χ3n) is 3.41. The molecule has 0 aromatic heterocycles. The maximum Gasteiger partial charge on any atom is 0.280 e. The van der Waals surface area contributed by atoms with Gasteiger partial charge >= 0.3 is 0 Å². The number of amides is 2. The van der Waals surface area contributed by atoms with Crippen molar-refractivity contribution < 1.29 is 19.5 Å². The smallest absolute Gasteiger partial charge is 0.280 e. The second-order valence-corrected chi connectivity index (χ2v) is 6.17. The summed E-state index contributed by atoms with van der Waals surface area (Å²) in [6.45, 7) is 1.90. The molecule has 0 bridgehead atoms. The standard InChI is InChI=1S/C15H18N2O4S/c1-9(12-7-8-13(22-12)15(19)17-20)16-14(18)10-3-5-11(21-2)6-4-10/h3-6,8-9,12,20H,7H2,1-2H3,(H,16,18)(H,17,19)/t9-,12?/m1/s1. The molecule has 6 nitrogen and oxygen atoms in total. The van der Waals surface area contributed by atoms with Crippen LogP contribution in [0.2, 0.25) is 0 Å². The maximum absolute atomic E-state index is 12.2. The van der Waals surface area contributed by atoms with E-state index in [0.717, 1.165) is 0 Å². The molecule has 0 fully saturated rings. The third-order valence-corrected chi connectivity index (χ3v) is 4.92. The number of hydrogen-bond acceptors (Lipinski definition) is 5. The number of benzene rings is 1. The third kappa shape index (κ3) is 3.80. The number of thioether (sulfide) groups is 1. The van der Waals surface area contributed by atoms with Crippen molar-refractivity contribution in [3.63, 3.8) is 0 Å². The Hall–Kier alpha value is -1.99. The maximum atomic E-state index is 12.2. The Bertz CT molecular complexity index is 586. The highest BCUT2D eigenvalue weighted by Gasteiger charge is 2.28. The van der Waals surface area contributed by atoms with E-state index in [-0.39, 0.29) is 17.2 Å². The van der Waals surface area contributed by atoms with Crippen molar-refractivity contribution in [3.05, 3.63) is 40.8 Å². The van der Waals surface area contributed by atoms with Crippen LogP contribution in [0.1, 0.15) is 23.7 Å². The Morgan fingerprint density at radius 1 is 1.32 bits per heavy atom. The first kappa shape index (κ1) is 16.4. The first-order valence-electron chi connectivity index (χ1n) is 6.81. The summed E-state index contributed by atoms with van der Waals surface area (Å²) in [4.78, 5) is 24.0. The van der Waals surface area contributed by atoms with Crippen molar-refractivity contribution in [1.29, 1.82) is 0 Å². The van der Waals surface area contributed by atoms with E-state index < -0.39 is 5.91 Å². The minimum absolute atomic E-state index is 0.0644. The number of hydroxylamine groups is 1. The second kappa shape index (κ2) is 7.33. The molecule has 1 aliphatic heterocycles. The second-order valence-electron chi connectivity index (χ2n) is 4.89. The molecule has 1 aromatic carbocycles. The molecule has 118 valence electrons. The molecule has 1 unspecified atom stereocenters. The van der Waals surface area contributed by atoms with Crippen molar-refractivity contribution in [2.45, 2.75) is 24.6 Å². The van der Waals surface area contributed by atoms with Gasteiger partial charge in [0.25, 0.3) is 11.8 Å². The van der Waals surface area contributed by atoms with Gasteiger partial charge in [0.2, 0.25) is 0 Å². The molecule has 22 heavy (non-hydrogen) atoms. The molecule has 1 heterocycles. The lowest BCUT2D eigenvalue weighted by Gasteiger charge is -2.20. The summed E-state index contributed by atoms with van der Waals surface area (Å²) in [6, 6.07) is 6.75. The van der Waals surface area contributed by atoms with Gasteiger partial charge in [0.05, 0.1) is 12.0 Å². The van der Waals surface area contributed by atoms with Crippen molar-refractivity contribution in [1.82, 2.24) is 10.8 Å². The summed E-state index contributed by atoms with van der Waals surface area (Å²) in [6.07, 6.45) is 2.43. The summed E-state index contributed by atoms with van der Waals surface area (Å²) < 4.78 is 5.06. The van der Waals surface area contributed by atoms with Crippen molar-refractivity contribution >= 4 is 23.6 Å². The van der Waals surface area contributed by atoms with E-state index in [9.17, 15) is 9.59 Å². The lowest BCUT2D eigenvalue weighted by Crippen LogP contribution is -2.39. The van der Waals surface area contributed by atoms with Crippen LogP contribution in [-0.2, 0) is 4.79 Å². The lowest BCUT2D eigenvalue weighted by atomic mass is 10.1. The predicted octanol–water partition coefficient (Wildman–Crippen LogP) is 1.71. The SMILES string of the molecule is COc1ccc(C(=O)N[C@H](C)C2CC=C(C(=O)NO)S2)cc1. The van der Waals surface area contributed by atoms with Crippen LogP contribution in [-0.4, -0.2) is 35.4 Å². The number of carbonyl (C=O) groups is 2. The molecule has 0 saturated carbocycles. The van der Waals surface area contributed by atoms with E-state index in [0.29, 0.717) is 22.6 Å². The van der Waals surface area contributed by atoms with E-state index in [1.54, 1.807) is 42.9 Å². The Labute approximate surface area is 132 Å². The van der Waals surface area contributed by atoms with Gasteiger partial charge in [0, 0.05) is 16.9 Å². The average molecular weight is 322 g/mol. The number of methoxy groups -OCH3 is 1. The van der Waals surface area contributed by atoms with E-state index in [4.69, 9.17) is 9.94 Å². The highest BCUT2D eigenvalue weighted by Crippen LogP contribution is 2.34. The van der Waals surface area contributed by atoms with Crippen molar-refractivity contribution in [2.24, 2.45) is 0 Å². The number of hydrogen-bond donors (Lipinski definition) is 3. The summed E-state index contributed by atoms with van der Waals surface area (Å²) in [5.41, 5.74) is 2.17. The number of nitrogens with one attached hydrogen (secondary N) is 2. The minimum atomic E-state index is -0.513. The van der Waals surface area contributed by atoms with Crippen LogP contribution < -0.4 is 15.5 Å². The molecule has 0 spiro atoms. The molecule has 1 aromatic rings. The van der Waals surface area contributed by atoms with E-state index in [1.807, 2.05) is 6.92 Å². The Morgan fingerprint density at radius 3 is 2.59 bits per heavy atom. The van der Waals surface area contributed by atoms with Crippen LogP contribution in [0.15, 0.2) is 35.2 Å². The zero-order valence-electron chi connectivity index (χ0n) is 12.3. The predicted molar refractivity (Wildman–Crippen MR) is 83.9 cm³/mol. The van der Waals surface area contributed by atoms with E-state index in [2.05, 4.69) is 5.32 Å². The van der Waals surface area contributed by atoms with Gasteiger partial charge in [-0.05, 0) is 37.6 Å². The molecule has 2 rings (SSSR count). The zero-order chi connectivity index (χ0) is 16.1. The van der Waals surface area contributed by atoms with Crippen LogP contribution in [0.5, 0.6) is 5.75 Å². The Balaban J connectivity index is 1.90. The van der Waals surface area contributed by atoms with Crippen LogP contribution in [0.4, 0.5) is 0 Å². The molecule has 3 N–H and O–H groups in total. The molecule has 2 atom stereocenters. The van der Waals surface area contributed by atoms with Gasteiger partial charge in [0.15, 0.2) is 0 Å². The number of carbonyl (C=O) groups excluding carboxylic acids is 2. The average Bonchev–Trinajstić information content (AvgIpc) is 3.04. The van der Waals surface area contributed by atoms with Crippen LogP contribution in [0.3, 0.4) is 0 Å². The largest absolute Gasteiger partial charge is 0.497 e. The molecule has 0 saturated heterocycles. The molecule has 2 amide bonds. The summed E-state index contributed by atoms with van der Waals surface area (Å²) in [5, 5.41) is 11.6. The van der Waals surface area contributed by atoms with E-state index in [1.165, 1.54) is 11.8 Å². The molecule has 1 aliphatic rings. The first-order valence-corrected chi connectivity index (χ1v) is 7.69. The van der Waals surface area contributed by atoms with Crippen LogP contribution in [0.25, 0.3) is 0 Å². The summed E-state index contributed by atoms with van der Waals surface area (Å²) >= 11 is 1.35. The summed E-state index contributed by atoms with van der Waals surface area (Å²) in [5.74, 6) is 0.0109. The van der Waals surface area contributed by atoms with Crippen molar-refractivity contribution in [2.75, 3.05) is 7.11 Å². The minimum Gasteiger partial charge on any atom is -0.497 e. The van der Waals surface area contributed by atoms with Gasteiger partial charge in [-0.15, -0.1) is 11.8 Å². The molecule has 0 aliphatic carbocycles. The van der Waals surface area contributed by atoms with E-state index >= 15 is 0 Å². The van der Waals surface area contributed by atoms with Gasteiger partial charge in [-0.25, -0.2) is 5.48 Å². The Morgan fingerprint density at radius 2 is 2.00 bits per heavy atom. The number of allylic oxidation sites excluding steroid dienone is 1. The quantitative estimate of drug-likeness (QED) is 0.567. The molecular weight excluding hydrogens is 304 g/mol. The lowest BCUT2D eigenvalue weighted by molar-refractivity contribution is -0.124. The molecule has 0 radical (unpaired) electrons. The van der Waals surface area contributed by atoms with Gasteiger partial charge in [-0.3, -0.25) is 14.8 Å². The van der Waals surface area contributed by atoms with Gasteiger partial charge < -0.3 is 10.1 Å². The zero-order valence-corrected chi connectivity index (χ0v) is 13.1. The molecule has 7 heteroatoms. The fourth-order valence-corrected chi connectivity index (χ4v) is 3.25. The normalized spacial score (nSPS) is 18.3. The van der Waals surface area contributed by atoms with Crippen molar-refractivity contribution in [3.8, 4) is 5.75 Å². The topological polar surface area (TPSA) is 87.7 Å². The summed E-state index contributed by atoms with van der Waals surface area (Å²) in [7, 11) is 1.57. The van der Waals surface area contributed by atoms with Gasteiger partial charge in [-0.1, -0.05) is 6.08 Å². The van der Waals surface area contributed by atoms with Crippen LogP contribution >= 0.6 is 11.8 Å². The number of ether oxygens (including phenoxy) is 1. The van der Waals surface area contributed by atoms with Gasteiger partial charge in [-0.2, -0.15) is 0 Å². The highest BCUT2D eigenvalue weighted by atomic mass is 32.2. The van der Waals surface area contributed by atoms with Gasteiger partial charge in [0.1, 0.15) is 5.75 Å². The number of rotatable bonds is 5. The fraction of sp³-hybridized carbons (Fsp3) is 0.333. The Kier molecular flexibility index (Phi) is 5.46. The monoisotopic (exact) mass is 322 g/mol. The highest BCUT2D eigenvalue weighted by molar-refractivity contribution is 8.04. The first-order chi connectivity index (χ1) is 10.5. The molecular formula is C15H18N2O4S.